The predicted molar refractivity (Wildman–Crippen MR) is 91.3 cm³/mol. The van der Waals surface area contributed by atoms with Crippen LogP contribution in [-0.4, -0.2) is 18.0 Å². The van der Waals surface area contributed by atoms with Crippen molar-refractivity contribution in [3.8, 4) is 0 Å². The first-order valence-electron chi connectivity index (χ1n) is 7.38. The number of aryl methyl sites for hydroxylation is 2. The van der Waals surface area contributed by atoms with Crippen molar-refractivity contribution in [2.45, 2.75) is 20.3 Å². The maximum atomic E-state index is 12.8. The summed E-state index contributed by atoms with van der Waals surface area (Å²) in [4.78, 5) is 23.5. The topological polar surface area (TPSA) is 70.6 Å². The van der Waals surface area contributed by atoms with Gasteiger partial charge in [-0.25, -0.2) is 9.82 Å². The fourth-order valence-electron chi connectivity index (χ4n) is 2.06. The van der Waals surface area contributed by atoms with Gasteiger partial charge in [-0.2, -0.15) is 5.10 Å². The van der Waals surface area contributed by atoms with E-state index in [1.165, 1.54) is 30.5 Å². The van der Waals surface area contributed by atoms with Gasteiger partial charge in [0.2, 0.25) is 11.8 Å². The fourth-order valence-corrected chi connectivity index (χ4v) is 2.06. The maximum absolute atomic E-state index is 12.8. The molecule has 0 bridgehead atoms. The Kier molecular flexibility index (Phi) is 5.78. The number of amides is 2. The first kappa shape index (κ1) is 17.3. The third kappa shape index (κ3) is 5.31. The molecule has 0 saturated heterocycles. The lowest BCUT2D eigenvalue weighted by molar-refractivity contribution is -0.126. The number of hydrogen-bond donors (Lipinski definition) is 2. The Morgan fingerprint density at radius 1 is 1.08 bits per heavy atom. The van der Waals surface area contributed by atoms with E-state index in [4.69, 9.17) is 0 Å². The number of hydrazone groups is 1. The zero-order valence-corrected chi connectivity index (χ0v) is 13.5. The van der Waals surface area contributed by atoms with Gasteiger partial charge in [-0.05, 0) is 43.2 Å². The average molecular weight is 327 g/mol. The van der Waals surface area contributed by atoms with Crippen LogP contribution in [0.2, 0.25) is 0 Å². The van der Waals surface area contributed by atoms with Crippen LogP contribution < -0.4 is 10.7 Å². The van der Waals surface area contributed by atoms with Gasteiger partial charge in [0.25, 0.3) is 0 Å². The van der Waals surface area contributed by atoms with Crippen LogP contribution in [0.4, 0.5) is 10.1 Å². The summed E-state index contributed by atoms with van der Waals surface area (Å²) in [6, 6.07) is 11.3. The van der Waals surface area contributed by atoms with Crippen LogP contribution in [0, 0.1) is 19.7 Å². The second kappa shape index (κ2) is 8.01. The summed E-state index contributed by atoms with van der Waals surface area (Å²) in [7, 11) is 0. The molecular weight excluding hydrogens is 309 g/mol. The molecule has 6 heteroatoms. The standard InChI is InChI=1S/C18H18FN3O2/c1-12-3-8-16(13(2)9-12)21-17(23)10-18(24)22-20-11-14-4-6-15(19)7-5-14/h3-9,11H,10H2,1-2H3,(H,21,23)(H,22,24). The number of carbonyl (C=O) groups excluding carboxylic acids is 2. The Morgan fingerprint density at radius 3 is 2.46 bits per heavy atom. The summed E-state index contributed by atoms with van der Waals surface area (Å²) < 4.78 is 12.8. The zero-order chi connectivity index (χ0) is 17.5. The lowest BCUT2D eigenvalue weighted by atomic mass is 10.1. The molecule has 0 saturated carbocycles. The molecule has 2 amide bonds. The maximum Gasteiger partial charge on any atom is 0.249 e. The Morgan fingerprint density at radius 2 is 1.79 bits per heavy atom. The highest BCUT2D eigenvalue weighted by molar-refractivity contribution is 6.04. The highest BCUT2D eigenvalue weighted by atomic mass is 19.1. The molecule has 0 radical (unpaired) electrons. The minimum atomic E-state index is -0.532. The van der Waals surface area contributed by atoms with Gasteiger partial charge in [0.05, 0.1) is 6.21 Å². The number of anilines is 1. The smallest absolute Gasteiger partial charge is 0.249 e. The third-order valence-corrected chi connectivity index (χ3v) is 3.25. The van der Waals surface area contributed by atoms with Crippen molar-refractivity contribution in [3.63, 3.8) is 0 Å². The van der Waals surface area contributed by atoms with Gasteiger partial charge >= 0.3 is 0 Å². The van der Waals surface area contributed by atoms with Crippen molar-refractivity contribution < 1.29 is 14.0 Å². The van der Waals surface area contributed by atoms with Crippen molar-refractivity contribution in [3.05, 3.63) is 65.0 Å². The van der Waals surface area contributed by atoms with Crippen LogP contribution in [0.5, 0.6) is 0 Å². The Bertz CT molecular complexity index is 770. The van der Waals surface area contributed by atoms with Gasteiger partial charge in [0.15, 0.2) is 0 Å². The molecule has 0 aliphatic carbocycles. The van der Waals surface area contributed by atoms with E-state index in [0.29, 0.717) is 11.3 Å². The average Bonchev–Trinajstić information content (AvgIpc) is 2.52. The van der Waals surface area contributed by atoms with Crippen molar-refractivity contribution in [1.29, 1.82) is 0 Å². The molecule has 0 aliphatic rings. The molecule has 2 rings (SSSR count). The van der Waals surface area contributed by atoms with E-state index in [-0.39, 0.29) is 12.2 Å². The number of hydrogen-bond acceptors (Lipinski definition) is 3. The lowest BCUT2D eigenvalue weighted by Gasteiger charge is -2.08. The summed E-state index contributed by atoms with van der Waals surface area (Å²) in [6.45, 7) is 3.85. The highest BCUT2D eigenvalue weighted by Crippen LogP contribution is 2.16. The Hall–Kier alpha value is -3.02. The van der Waals surface area contributed by atoms with Crippen molar-refractivity contribution in [1.82, 2.24) is 5.43 Å². The molecule has 2 N–H and O–H groups in total. The van der Waals surface area contributed by atoms with Gasteiger partial charge in [-0.1, -0.05) is 29.8 Å². The van der Waals surface area contributed by atoms with Crippen LogP contribution in [0.25, 0.3) is 0 Å². The molecule has 24 heavy (non-hydrogen) atoms. The summed E-state index contributed by atoms with van der Waals surface area (Å²) in [5, 5.41) is 6.42. The third-order valence-electron chi connectivity index (χ3n) is 3.25. The summed E-state index contributed by atoms with van der Waals surface area (Å²) in [6.07, 6.45) is 1.04. The number of halogens is 1. The van der Waals surface area contributed by atoms with Crippen LogP contribution in [-0.2, 0) is 9.59 Å². The molecular formula is C18H18FN3O2. The highest BCUT2D eigenvalue weighted by Gasteiger charge is 2.10. The van der Waals surface area contributed by atoms with Gasteiger partial charge < -0.3 is 5.32 Å². The molecule has 0 atom stereocenters. The van der Waals surface area contributed by atoms with Crippen LogP contribution in [0.1, 0.15) is 23.1 Å². The number of benzene rings is 2. The minimum absolute atomic E-state index is 0.339. The summed E-state index contributed by atoms with van der Waals surface area (Å²) in [5.41, 5.74) is 5.60. The Balaban J connectivity index is 1.83. The SMILES string of the molecule is Cc1ccc(NC(=O)CC(=O)NN=Cc2ccc(F)cc2)c(C)c1. The van der Waals surface area contributed by atoms with Gasteiger partial charge in [-0.15, -0.1) is 0 Å². The van der Waals surface area contributed by atoms with Crippen LogP contribution >= 0.6 is 0 Å². The van der Waals surface area contributed by atoms with E-state index in [0.717, 1.165) is 11.1 Å². The summed E-state index contributed by atoms with van der Waals surface area (Å²) >= 11 is 0. The molecule has 5 nitrogen and oxygen atoms in total. The predicted octanol–water partition coefficient (Wildman–Crippen LogP) is 2.92. The van der Waals surface area contributed by atoms with Gasteiger partial charge in [0.1, 0.15) is 12.2 Å². The van der Waals surface area contributed by atoms with Crippen LogP contribution in [0.15, 0.2) is 47.6 Å². The zero-order valence-electron chi connectivity index (χ0n) is 13.5. The second-order valence-electron chi connectivity index (χ2n) is 5.39. The normalized spacial score (nSPS) is 10.6. The molecule has 2 aromatic rings. The number of rotatable bonds is 5. The summed E-state index contributed by atoms with van der Waals surface area (Å²) in [5.74, 6) is -1.30. The first-order valence-corrected chi connectivity index (χ1v) is 7.38. The fraction of sp³-hybridized carbons (Fsp3) is 0.167. The monoisotopic (exact) mass is 327 g/mol. The van der Waals surface area contributed by atoms with Crippen LogP contribution in [0.3, 0.4) is 0 Å². The van der Waals surface area contributed by atoms with E-state index in [1.54, 1.807) is 6.07 Å². The van der Waals surface area contributed by atoms with E-state index < -0.39 is 11.8 Å². The molecule has 2 aromatic carbocycles. The van der Waals surface area contributed by atoms with E-state index in [9.17, 15) is 14.0 Å². The molecule has 0 unspecified atom stereocenters. The molecule has 0 aliphatic heterocycles. The van der Waals surface area contributed by atoms with Gasteiger partial charge in [0, 0.05) is 5.69 Å². The lowest BCUT2D eigenvalue weighted by Crippen LogP contribution is -2.24. The minimum Gasteiger partial charge on any atom is -0.325 e. The molecule has 0 heterocycles. The van der Waals surface area contributed by atoms with Crippen molar-refractivity contribution in [2.24, 2.45) is 5.10 Å². The first-order chi connectivity index (χ1) is 11.4. The largest absolute Gasteiger partial charge is 0.325 e. The quantitative estimate of drug-likeness (QED) is 0.503. The second-order valence-corrected chi connectivity index (χ2v) is 5.39. The van der Waals surface area contributed by atoms with E-state index in [1.807, 2.05) is 26.0 Å². The number of carbonyl (C=O) groups is 2. The van der Waals surface area contributed by atoms with Crippen molar-refractivity contribution >= 4 is 23.7 Å². The molecule has 0 spiro atoms. The Labute approximate surface area is 139 Å². The molecule has 124 valence electrons. The molecule has 0 aromatic heterocycles. The van der Waals surface area contributed by atoms with Crippen molar-refractivity contribution in [2.75, 3.05) is 5.32 Å². The number of nitrogens with zero attached hydrogens (tertiary/aromatic N) is 1. The number of nitrogens with one attached hydrogen (secondary N) is 2. The molecule has 0 fully saturated rings. The van der Waals surface area contributed by atoms with E-state index in [2.05, 4.69) is 15.8 Å². The van der Waals surface area contributed by atoms with Gasteiger partial charge in [-0.3, -0.25) is 9.59 Å². The van der Waals surface area contributed by atoms with E-state index >= 15 is 0 Å².